The largest absolute Gasteiger partial charge is 0.497 e. The minimum absolute atomic E-state index is 0.143. The molecular weight excluding hydrogens is 268 g/mol. The van der Waals surface area contributed by atoms with Crippen molar-refractivity contribution >= 4 is 0 Å². The van der Waals surface area contributed by atoms with Crippen molar-refractivity contribution in [2.45, 2.75) is 18.7 Å². The summed E-state index contributed by atoms with van der Waals surface area (Å²) in [5, 5.41) is 3.80. The molecular formula is C15H18N4O2. The number of hydrogen-bond donors (Lipinski definition) is 0. The molecule has 0 amide bonds. The molecule has 6 nitrogen and oxygen atoms in total. The Bertz CT molecular complexity index is 546. The molecule has 0 spiro atoms. The molecule has 1 heterocycles. The number of nitrogens with zero attached hydrogens (tertiary/aromatic N) is 4. The molecule has 1 unspecified atom stereocenters. The highest BCUT2D eigenvalue weighted by Gasteiger charge is 2.32. The molecule has 1 aromatic carbocycles. The van der Waals surface area contributed by atoms with Crippen LogP contribution in [0.25, 0.3) is 10.4 Å². The van der Waals surface area contributed by atoms with Gasteiger partial charge in [0, 0.05) is 24.5 Å². The van der Waals surface area contributed by atoms with Crippen LogP contribution in [-0.4, -0.2) is 43.9 Å². The van der Waals surface area contributed by atoms with E-state index < -0.39 is 0 Å². The summed E-state index contributed by atoms with van der Waals surface area (Å²) < 4.78 is 10.7. The molecule has 0 bridgehead atoms. The molecule has 110 valence electrons. The first-order chi connectivity index (χ1) is 10.3. The SMILES string of the molecule is C#CCOC1CN(Cc2ccc(OC)cc2)C[C@H]1N=[N+]=[N-]. The molecule has 0 aliphatic carbocycles. The maximum Gasteiger partial charge on any atom is 0.118 e. The number of benzene rings is 1. The Labute approximate surface area is 124 Å². The fourth-order valence-corrected chi connectivity index (χ4v) is 2.45. The maximum absolute atomic E-state index is 8.63. The van der Waals surface area contributed by atoms with Crippen molar-refractivity contribution in [3.8, 4) is 18.1 Å². The van der Waals surface area contributed by atoms with Gasteiger partial charge in [0.05, 0.1) is 19.3 Å². The first-order valence-electron chi connectivity index (χ1n) is 6.71. The van der Waals surface area contributed by atoms with E-state index >= 15 is 0 Å². The van der Waals surface area contributed by atoms with E-state index in [0.29, 0.717) is 13.1 Å². The second-order valence-electron chi connectivity index (χ2n) is 4.87. The van der Waals surface area contributed by atoms with Crippen molar-refractivity contribution in [1.82, 2.24) is 4.90 Å². The van der Waals surface area contributed by atoms with E-state index in [1.165, 1.54) is 5.56 Å². The van der Waals surface area contributed by atoms with Crippen LogP contribution in [0, 0.1) is 12.3 Å². The van der Waals surface area contributed by atoms with E-state index in [0.717, 1.165) is 12.3 Å². The molecule has 2 atom stereocenters. The number of azide groups is 1. The van der Waals surface area contributed by atoms with Gasteiger partial charge < -0.3 is 9.47 Å². The van der Waals surface area contributed by atoms with Crippen molar-refractivity contribution in [2.75, 3.05) is 26.8 Å². The smallest absolute Gasteiger partial charge is 0.118 e. The van der Waals surface area contributed by atoms with Gasteiger partial charge in [0.15, 0.2) is 0 Å². The number of rotatable bonds is 6. The highest BCUT2D eigenvalue weighted by Crippen LogP contribution is 2.20. The molecule has 1 saturated heterocycles. The summed E-state index contributed by atoms with van der Waals surface area (Å²) >= 11 is 0. The average molecular weight is 286 g/mol. The summed E-state index contributed by atoms with van der Waals surface area (Å²) in [7, 11) is 1.65. The zero-order chi connectivity index (χ0) is 15.1. The van der Waals surface area contributed by atoms with E-state index in [2.05, 4.69) is 20.8 Å². The normalized spacial score (nSPS) is 21.5. The fraction of sp³-hybridized carbons (Fsp3) is 0.467. The zero-order valence-corrected chi connectivity index (χ0v) is 12.0. The van der Waals surface area contributed by atoms with E-state index in [1.807, 2.05) is 24.3 Å². The van der Waals surface area contributed by atoms with Gasteiger partial charge in [-0.25, -0.2) is 0 Å². The number of ether oxygens (including phenoxy) is 2. The lowest BCUT2D eigenvalue weighted by atomic mass is 10.2. The molecule has 0 aromatic heterocycles. The van der Waals surface area contributed by atoms with Crippen molar-refractivity contribution in [3.05, 3.63) is 40.3 Å². The Morgan fingerprint density at radius 2 is 2.19 bits per heavy atom. The Morgan fingerprint density at radius 3 is 2.81 bits per heavy atom. The van der Waals surface area contributed by atoms with Gasteiger partial charge in [0.25, 0.3) is 0 Å². The second kappa shape index (κ2) is 7.55. The summed E-state index contributed by atoms with van der Waals surface area (Å²) in [5.74, 6) is 3.28. The van der Waals surface area contributed by atoms with Crippen LogP contribution >= 0.6 is 0 Å². The molecule has 0 N–H and O–H groups in total. The van der Waals surface area contributed by atoms with Crippen LogP contribution < -0.4 is 4.74 Å². The minimum Gasteiger partial charge on any atom is -0.497 e. The Balaban J connectivity index is 1.97. The third-order valence-corrected chi connectivity index (χ3v) is 3.46. The van der Waals surface area contributed by atoms with E-state index in [-0.39, 0.29) is 18.8 Å². The molecule has 6 heteroatoms. The molecule has 0 saturated carbocycles. The number of hydrogen-bond acceptors (Lipinski definition) is 4. The van der Waals surface area contributed by atoms with Crippen LogP contribution in [0.5, 0.6) is 5.75 Å². The van der Waals surface area contributed by atoms with Gasteiger partial charge in [0.2, 0.25) is 0 Å². The number of methoxy groups -OCH3 is 1. The van der Waals surface area contributed by atoms with Crippen LogP contribution in [0.2, 0.25) is 0 Å². The van der Waals surface area contributed by atoms with Gasteiger partial charge in [0.1, 0.15) is 12.4 Å². The second-order valence-corrected chi connectivity index (χ2v) is 4.87. The lowest BCUT2D eigenvalue weighted by Crippen LogP contribution is -2.25. The van der Waals surface area contributed by atoms with E-state index in [4.69, 9.17) is 21.4 Å². The van der Waals surface area contributed by atoms with Crippen LogP contribution in [0.1, 0.15) is 5.56 Å². The van der Waals surface area contributed by atoms with Crippen molar-refractivity contribution in [1.29, 1.82) is 0 Å². The molecule has 1 aliphatic heterocycles. The molecule has 1 aliphatic rings. The van der Waals surface area contributed by atoms with Gasteiger partial charge in [-0.1, -0.05) is 23.2 Å². The lowest BCUT2D eigenvalue weighted by molar-refractivity contribution is 0.0743. The summed E-state index contributed by atoms with van der Waals surface area (Å²) in [6.07, 6.45) is 5.06. The van der Waals surface area contributed by atoms with Gasteiger partial charge in [-0.2, -0.15) is 0 Å². The Morgan fingerprint density at radius 1 is 1.43 bits per heavy atom. The van der Waals surface area contributed by atoms with Crippen molar-refractivity contribution < 1.29 is 9.47 Å². The number of terminal acetylenes is 1. The summed E-state index contributed by atoms with van der Waals surface area (Å²) in [6.45, 7) is 2.39. The Kier molecular flexibility index (Phi) is 5.47. The van der Waals surface area contributed by atoms with Crippen LogP contribution in [0.3, 0.4) is 0 Å². The standard InChI is InChI=1S/C15H18N4O2/c1-3-8-21-15-11-19(10-14(15)17-18-16)9-12-4-6-13(20-2)7-5-12/h1,4-7,14-15H,8-11H2,2H3/t14-,15?/m1/s1. The minimum atomic E-state index is -0.193. The third kappa shape index (κ3) is 4.14. The van der Waals surface area contributed by atoms with Crippen LogP contribution in [0.4, 0.5) is 0 Å². The lowest BCUT2D eigenvalue weighted by Gasteiger charge is -2.16. The van der Waals surface area contributed by atoms with E-state index in [1.54, 1.807) is 7.11 Å². The van der Waals surface area contributed by atoms with Crippen LogP contribution in [0.15, 0.2) is 29.4 Å². The van der Waals surface area contributed by atoms with E-state index in [9.17, 15) is 0 Å². The highest BCUT2D eigenvalue weighted by atomic mass is 16.5. The van der Waals surface area contributed by atoms with Gasteiger partial charge in [-0.05, 0) is 23.2 Å². The summed E-state index contributed by atoms with van der Waals surface area (Å²) in [4.78, 5) is 5.09. The topological polar surface area (TPSA) is 70.5 Å². The van der Waals surface area contributed by atoms with Crippen LogP contribution in [-0.2, 0) is 11.3 Å². The molecule has 0 radical (unpaired) electrons. The molecule has 1 fully saturated rings. The Hall–Kier alpha value is -2.19. The molecule has 2 rings (SSSR count). The first kappa shape index (κ1) is 15.2. The predicted octanol–water partition coefficient (Wildman–Crippen LogP) is 2.21. The first-order valence-corrected chi connectivity index (χ1v) is 6.71. The quantitative estimate of drug-likeness (QED) is 0.348. The van der Waals surface area contributed by atoms with Crippen molar-refractivity contribution in [3.63, 3.8) is 0 Å². The monoisotopic (exact) mass is 286 g/mol. The van der Waals surface area contributed by atoms with Gasteiger partial charge in [-0.3, -0.25) is 4.90 Å². The maximum atomic E-state index is 8.63. The highest BCUT2D eigenvalue weighted by molar-refractivity contribution is 5.27. The van der Waals surface area contributed by atoms with Crippen molar-refractivity contribution in [2.24, 2.45) is 5.11 Å². The number of likely N-dealkylation sites (tertiary alicyclic amines) is 1. The average Bonchev–Trinajstić information content (AvgIpc) is 2.88. The summed E-state index contributed by atoms with van der Waals surface area (Å²) in [5.41, 5.74) is 9.81. The predicted molar refractivity (Wildman–Crippen MR) is 79.8 cm³/mol. The molecule has 21 heavy (non-hydrogen) atoms. The molecule has 1 aromatic rings. The van der Waals surface area contributed by atoms with Gasteiger partial charge >= 0.3 is 0 Å². The third-order valence-electron chi connectivity index (χ3n) is 3.46. The fourth-order valence-electron chi connectivity index (χ4n) is 2.45. The van der Waals surface area contributed by atoms with Gasteiger partial charge in [-0.15, -0.1) is 6.42 Å². The summed E-state index contributed by atoms with van der Waals surface area (Å²) in [6, 6.07) is 7.72. The zero-order valence-electron chi connectivity index (χ0n) is 12.0.